The molecule has 1 aliphatic rings. The van der Waals surface area contributed by atoms with Crippen LogP contribution in [0, 0.1) is 6.92 Å². The standard InChI is InChI=1S/C32H31ClN4O4S/c1-5-16-40-30(38)28-21(3)34-31-35-32(42-19-24-8-6-7-9-25(24)33)36-37(31)29(28)23-14-15-26(27(17-23)39-4)41-18-22-12-10-20(2)11-13-22/h5-15,17,29H,1,16,18-19H2,2-4H3,(H,34,35,36). The Morgan fingerprint density at radius 3 is 2.64 bits per heavy atom. The number of fused-ring (bicyclic) bond motifs is 1. The predicted molar refractivity (Wildman–Crippen MR) is 165 cm³/mol. The van der Waals surface area contributed by atoms with Gasteiger partial charge in [0.2, 0.25) is 11.1 Å². The van der Waals surface area contributed by atoms with E-state index in [2.05, 4.69) is 24.0 Å². The fraction of sp³-hybridized carbons (Fsp3) is 0.219. The van der Waals surface area contributed by atoms with Crippen molar-refractivity contribution in [3.05, 3.63) is 118 Å². The summed E-state index contributed by atoms with van der Waals surface area (Å²) in [4.78, 5) is 18.0. The monoisotopic (exact) mass is 602 g/mol. The Bertz CT molecular complexity index is 1630. The molecule has 4 aromatic rings. The molecule has 1 aromatic heterocycles. The minimum absolute atomic E-state index is 0.0839. The maximum absolute atomic E-state index is 13.3. The summed E-state index contributed by atoms with van der Waals surface area (Å²) in [6.45, 7) is 8.00. The van der Waals surface area contributed by atoms with Gasteiger partial charge >= 0.3 is 5.97 Å². The van der Waals surface area contributed by atoms with Gasteiger partial charge in [-0.05, 0) is 48.7 Å². The molecule has 0 aliphatic carbocycles. The van der Waals surface area contributed by atoms with E-state index in [9.17, 15) is 4.79 Å². The van der Waals surface area contributed by atoms with Crippen LogP contribution in [0.4, 0.5) is 5.95 Å². The van der Waals surface area contributed by atoms with Crippen molar-refractivity contribution >= 4 is 35.3 Å². The quantitative estimate of drug-likeness (QED) is 0.110. The van der Waals surface area contributed by atoms with Gasteiger partial charge in [-0.2, -0.15) is 4.98 Å². The molecule has 1 unspecified atom stereocenters. The summed E-state index contributed by atoms with van der Waals surface area (Å²) in [6.07, 6.45) is 1.53. The third-order valence-corrected chi connectivity index (χ3v) is 7.97. The predicted octanol–water partition coefficient (Wildman–Crippen LogP) is 7.14. The zero-order valence-electron chi connectivity index (χ0n) is 23.6. The number of thioether (sulfide) groups is 1. The number of nitrogens with zero attached hydrogens (tertiary/aromatic N) is 3. The Kier molecular flexibility index (Phi) is 9.19. The van der Waals surface area contributed by atoms with Gasteiger partial charge < -0.3 is 19.5 Å². The fourth-order valence-electron chi connectivity index (χ4n) is 4.55. The van der Waals surface area contributed by atoms with E-state index in [0.29, 0.717) is 51.3 Å². The highest BCUT2D eigenvalue weighted by Gasteiger charge is 2.35. The Morgan fingerprint density at radius 2 is 1.90 bits per heavy atom. The van der Waals surface area contributed by atoms with Crippen molar-refractivity contribution < 1.29 is 19.0 Å². The molecule has 3 aromatic carbocycles. The summed E-state index contributed by atoms with van der Waals surface area (Å²) in [5, 5.41) is 9.25. The molecular weight excluding hydrogens is 572 g/mol. The summed E-state index contributed by atoms with van der Waals surface area (Å²) in [6, 6.07) is 20.8. The van der Waals surface area contributed by atoms with Crippen molar-refractivity contribution in [1.29, 1.82) is 0 Å². The van der Waals surface area contributed by atoms with Crippen molar-refractivity contribution in [1.82, 2.24) is 14.8 Å². The van der Waals surface area contributed by atoms with E-state index in [-0.39, 0.29) is 6.61 Å². The number of hydrogen-bond donors (Lipinski definition) is 1. The van der Waals surface area contributed by atoms with Crippen LogP contribution in [-0.2, 0) is 21.9 Å². The molecule has 0 saturated heterocycles. The van der Waals surface area contributed by atoms with Crippen LogP contribution in [0.2, 0.25) is 5.02 Å². The minimum Gasteiger partial charge on any atom is -0.493 e. The van der Waals surface area contributed by atoms with Crippen LogP contribution in [0.15, 0.2) is 95.8 Å². The molecule has 0 radical (unpaired) electrons. The second-order valence-corrected chi connectivity index (χ2v) is 11.0. The van der Waals surface area contributed by atoms with Gasteiger partial charge in [0.15, 0.2) is 11.5 Å². The molecule has 0 spiro atoms. The maximum Gasteiger partial charge on any atom is 0.338 e. The third kappa shape index (κ3) is 6.48. The molecule has 2 heterocycles. The Morgan fingerprint density at radius 1 is 1.12 bits per heavy atom. The molecule has 42 heavy (non-hydrogen) atoms. The number of aromatic nitrogens is 3. The van der Waals surface area contributed by atoms with Crippen LogP contribution in [0.5, 0.6) is 11.5 Å². The molecule has 216 valence electrons. The van der Waals surface area contributed by atoms with Crippen molar-refractivity contribution in [2.45, 2.75) is 37.4 Å². The Balaban J connectivity index is 1.47. The summed E-state index contributed by atoms with van der Waals surface area (Å²) in [5.74, 6) is 1.75. The normalized spacial score (nSPS) is 14.1. The number of carbonyl (C=O) groups is 1. The number of nitrogens with one attached hydrogen (secondary N) is 1. The first-order valence-corrected chi connectivity index (χ1v) is 14.7. The van der Waals surface area contributed by atoms with Crippen LogP contribution >= 0.6 is 23.4 Å². The number of methoxy groups -OCH3 is 1. The minimum atomic E-state index is -0.624. The molecule has 0 bridgehead atoms. The lowest BCUT2D eigenvalue weighted by Gasteiger charge is -2.28. The number of halogens is 1. The van der Waals surface area contributed by atoms with Crippen LogP contribution in [0.1, 0.15) is 35.2 Å². The van der Waals surface area contributed by atoms with E-state index < -0.39 is 12.0 Å². The van der Waals surface area contributed by atoms with Gasteiger partial charge in [-0.1, -0.05) is 90.1 Å². The topological polar surface area (TPSA) is 87.5 Å². The number of ether oxygens (including phenoxy) is 3. The van der Waals surface area contributed by atoms with Gasteiger partial charge in [0.1, 0.15) is 19.3 Å². The van der Waals surface area contributed by atoms with Gasteiger partial charge in [0.05, 0.1) is 12.7 Å². The highest BCUT2D eigenvalue weighted by Crippen LogP contribution is 2.40. The van der Waals surface area contributed by atoms with E-state index in [1.807, 2.05) is 68.4 Å². The Labute approximate surface area is 254 Å². The summed E-state index contributed by atoms with van der Waals surface area (Å²) in [5.41, 5.74) is 5.00. The Hall–Kier alpha value is -4.21. The van der Waals surface area contributed by atoms with E-state index in [1.54, 1.807) is 11.8 Å². The number of benzene rings is 3. The number of rotatable bonds is 11. The molecule has 0 saturated carbocycles. The van der Waals surface area contributed by atoms with E-state index >= 15 is 0 Å². The van der Waals surface area contributed by atoms with Crippen molar-refractivity contribution in [3.8, 4) is 11.5 Å². The average Bonchev–Trinajstić information content (AvgIpc) is 3.40. The van der Waals surface area contributed by atoms with Crippen molar-refractivity contribution in [3.63, 3.8) is 0 Å². The third-order valence-electron chi connectivity index (χ3n) is 6.72. The first kappa shape index (κ1) is 29.3. The van der Waals surface area contributed by atoms with E-state index in [0.717, 1.165) is 16.7 Å². The van der Waals surface area contributed by atoms with Gasteiger partial charge in [0.25, 0.3) is 0 Å². The molecule has 0 amide bonds. The number of carbonyl (C=O) groups excluding carboxylic acids is 1. The van der Waals surface area contributed by atoms with Crippen molar-refractivity contribution in [2.75, 3.05) is 19.0 Å². The summed E-state index contributed by atoms with van der Waals surface area (Å²) < 4.78 is 19.0. The highest BCUT2D eigenvalue weighted by molar-refractivity contribution is 7.98. The summed E-state index contributed by atoms with van der Waals surface area (Å²) >= 11 is 7.81. The van der Waals surface area contributed by atoms with Crippen LogP contribution in [0.25, 0.3) is 0 Å². The summed E-state index contributed by atoms with van der Waals surface area (Å²) in [7, 11) is 1.59. The van der Waals surface area contributed by atoms with Crippen molar-refractivity contribution in [2.24, 2.45) is 0 Å². The highest BCUT2D eigenvalue weighted by atomic mass is 35.5. The number of allylic oxidation sites excluding steroid dienone is 1. The number of anilines is 1. The largest absolute Gasteiger partial charge is 0.493 e. The van der Waals surface area contributed by atoms with Crippen LogP contribution < -0.4 is 14.8 Å². The molecule has 8 nitrogen and oxygen atoms in total. The van der Waals surface area contributed by atoms with E-state index in [1.165, 1.54) is 23.4 Å². The second-order valence-electron chi connectivity index (χ2n) is 9.68. The first-order valence-electron chi connectivity index (χ1n) is 13.3. The lowest BCUT2D eigenvalue weighted by molar-refractivity contribution is -0.138. The maximum atomic E-state index is 13.3. The fourth-order valence-corrected chi connectivity index (χ4v) is 5.67. The molecule has 0 fully saturated rings. The van der Waals surface area contributed by atoms with Crippen LogP contribution in [-0.4, -0.2) is 34.5 Å². The first-order chi connectivity index (χ1) is 20.4. The lowest BCUT2D eigenvalue weighted by Crippen LogP contribution is -2.29. The van der Waals surface area contributed by atoms with Crippen LogP contribution in [0.3, 0.4) is 0 Å². The molecule has 5 rings (SSSR count). The molecule has 1 aliphatic heterocycles. The van der Waals surface area contributed by atoms with Gasteiger partial charge in [0, 0.05) is 16.5 Å². The number of hydrogen-bond acceptors (Lipinski definition) is 8. The number of esters is 1. The number of aryl methyl sites for hydroxylation is 1. The SMILES string of the molecule is C=CCOC(=O)C1=C(C)Nc2nc(SCc3ccccc3Cl)nn2C1c1ccc(OCc2ccc(C)cc2)c(OC)c1. The second kappa shape index (κ2) is 13.2. The zero-order chi connectivity index (χ0) is 29.6. The smallest absolute Gasteiger partial charge is 0.338 e. The molecule has 10 heteroatoms. The molecule has 1 N–H and O–H groups in total. The van der Waals surface area contributed by atoms with Gasteiger partial charge in [-0.3, -0.25) is 0 Å². The zero-order valence-corrected chi connectivity index (χ0v) is 25.2. The van der Waals surface area contributed by atoms with Gasteiger partial charge in [-0.15, -0.1) is 5.10 Å². The lowest BCUT2D eigenvalue weighted by atomic mass is 9.95. The van der Waals surface area contributed by atoms with Gasteiger partial charge in [-0.25, -0.2) is 9.48 Å². The average molecular weight is 603 g/mol. The van der Waals surface area contributed by atoms with E-state index in [4.69, 9.17) is 35.9 Å². The molecule has 1 atom stereocenters. The molecular formula is C32H31ClN4O4S.